The smallest absolute Gasteiger partial charge is 0.457 e. The third-order valence-corrected chi connectivity index (χ3v) is 12.2. The molecule has 0 saturated carbocycles. The van der Waals surface area contributed by atoms with E-state index in [2.05, 4.69) is 86.8 Å². The molecule has 2 unspecified atom stereocenters. The van der Waals surface area contributed by atoms with Gasteiger partial charge in [0.1, 0.15) is 19.3 Å². The lowest BCUT2D eigenvalue weighted by Gasteiger charge is -2.24. The fourth-order valence-corrected chi connectivity index (χ4v) is 7.90. The molecule has 0 amide bonds. The summed E-state index contributed by atoms with van der Waals surface area (Å²) in [6, 6.07) is 0. The largest absolute Gasteiger partial charge is 0.472 e. The summed E-state index contributed by atoms with van der Waals surface area (Å²) in [5.74, 6) is -0.325. The highest BCUT2D eigenvalue weighted by molar-refractivity contribution is 7.47. The van der Waals surface area contributed by atoms with E-state index < -0.39 is 13.9 Å². The number of ether oxygens (including phenoxy) is 2. The van der Waals surface area contributed by atoms with Crippen LogP contribution in [0.4, 0.5) is 0 Å². The zero-order valence-electron chi connectivity index (χ0n) is 43.0. The van der Waals surface area contributed by atoms with Crippen LogP contribution in [0.2, 0.25) is 0 Å². The van der Waals surface area contributed by atoms with E-state index in [-0.39, 0.29) is 25.8 Å². The minimum Gasteiger partial charge on any atom is -0.457 e. The minimum absolute atomic E-state index is 0.0829. The summed E-state index contributed by atoms with van der Waals surface area (Å²) in [7, 11) is 1.65. The van der Waals surface area contributed by atoms with E-state index >= 15 is 0 Å². The van der Waals surface area contributed by atoms with Crippen molar-refractivity contribution in [1.82, 2.24) is 0 Å². The van der Waals surface area contributed by atoms with Gasteiger partial charge in [0.2, 0.25) is 0 Å². The Kier molecular flexibility index (Phi) is 46.9. The fourth-order valence-electron chi connectivity index (χ4n) is 7.16. The number of hydrogen-bond donors (Lipinski definition) is 1. The van der Waals surface area contributed by atoms with Crippen LogP contribution in [0.3, 0.4) is 0 Å². The van der Waals surface area contributed by atoms with E-state index in [1.54, 1.807) is 0 Å². The molecular formula is C56H103NO7P+. The third-order valence-electron chi connectivity index (χ3n) is 11.3. The minimum atomic E-state index is -4.29. The van der Waals surface area contributed by atoms with Crippen LogP contribution in [0, 0.1) is 0 Å². The number of phosphoric acid groups is 1. The van der Waals surface area contributed by atoms with Gasteiger partial charge in [0.05, 0.1) is 34.4 Å². The van der Waals surface area contributed by atoms with Crippen molar-refractivity contribution in [3.63, 3.8) is 0 Å². The van der Waals surface area contributed by atoms with Crippen molar-refractivity contribution in [2.75, 3.05) is 54.1 Å². The predicted molar refractivity (Wildman–Crippen MR) is 279 cm³/mol. The molecule has 0 aliphatic carbocycles. The molecule has 65 heavy (non-hydrogen) atoms. The maximum absolute atomic E-state index is 12.8. The van der Waals surface area contributed by atoms with Gasteiger partial charge in [0.25, 0.3) is 0 Å². The van der Waals surface area contributed by atoms with Gasteiger partial charge in [-0.2, -0.15) is 0 Å². The SMILES string of the molecule is CC/C=C\C/C=C\C/C=C\CCCCCCCCCC(=O)OC(COCCCCCCCCCCCCC/C=C\C/C=C\C/C=C\CCCCCCC)COP(=O)(O)OCC[N+](C)(C)C. The highest BCUT2D eigenvalue weighted by atomic mass is 31.2. The molecule has 0 radical (unpaired) electrons. The number of carbonyl (C=O) groups excluding carboxylic acids is 1. The Morgan fingerprint density at radius 2 is 0.892 bits per heavy atom. The quantitative estimate of drug-likeness (QED) is 0.0214. The van der Waals surface area contributed by atoms with Gasteiger partial charge in [0, 0.05) is 13.0 Å². The van der Waals surface area contributed by atoms with Crippen molar-refractivity contribution >= 4 is 13.8 Å². The molecular weight excluding hydrogens is 830 g/mol. The van der Waals surface area contributed by atoms with Crippen molar-refractivity contribution in [3.8, 4) is 0 Å². The van der Waals surface area contributed by atoms with Crippen LogP contribution in [0.15, 0.2) is 72.9 Å². The Balaban J connectivity index is 4.11. The molecule has 0 heterocycles. The molecule has 0 saturated heterocycles. The van der Waals surface area contributed by atoms with Gasteiger partial charge < -0.3 is 18.9 Å². The molecule has 8 nitrogen and oxygen atoms in total. The highest BCUT2D eigenvalue weighted by Gasteiger charge is 2.26. The van der Waals surface area contributed by atoms with Crippen molar-refractivity contribution in [2.45, 2.75) is 225 Å². The van der Waals surface area contributed by atoms with E-state index in [9.17, 15) is 14.3 Å². The maximum atomic E-state index is 12.8. The molecule has 9 heteroatoms. The first-order valence-electron chi connectivity index (χ1n) is 26.7. The Hall–Kier alpha value is -2.06. The van der Waals surface area contributed by atoms with Gasteiger partial charge in [-0.3, -0.25) is 13.8 Å². The number of unbranched alkanes of at least 4 members (excludes halogenated alkanes) is 23. The Labute approximate surface area is 402 Å². The van der Waals surface area contributed by atoms with Crippen molar-refractivity contribution in [1.29, 1.82) is 0 Å². The van der Waals surface area contributed by atoms with Crippen molar-refractivity contribution in [3.05, 3.63) is 72.9 Å². The lowest BCUT2D eigenvalue weighted by molar-refractivity contribution is -0.870. The van der Waals surface area contributed by atoms with Crippen LogP contribution in [0.25, 0.3) is 0 Å². The van der Waals surface area contributed by atoms with Crippen LogP contribution in [0.1, 0.15) is 219 Å². The second-order valence-electron chi connectivity index (χ2n) is 18.9. The lowest BCUT2D eigenvalue weighted by Crippen LogP contribution is -2.37. The Bertz CT molecular complexity index is 1270. The molecule has 0 bridgehead atoms. The van der Waals surface area contributed by atoms with Crippen LogP contribution in [0.5, 0.6) is 0 Å². The average Bonchev–Trinajstić information content (AvgIpc) is 3.27. The maximum Gasteiger partial charge on any atom is 0.472 e. The Morgan fingerprint density at radius 1 is 0.492 bits per heavy atom. The number of quaternary nitrogens is 1. The molecule has 0 fully saturated rings. The summed E-state index contributed by atoms with van der Waals surface area (Å²) in [5.41, 5.74) is 0. The van der Waals surface area contributed by atoms with Crippen LogP contribution >= 0.6 is 7.82 Å². The molecule has 0 spiro atoms. The predicted octanol–water partition coefficient (Wildman–Crippen LogP) is 16.6. The number of esters is 1. The molecule has 0 aliphatic rings. The number of phosphoric ester groups is 1. The summed E-state index contributed by atoms with van der Waals surface area (Å²) in [6.45, 7) is 5.49. The molecule has 0 aromatic heterocycles. The number of allylic oxidation sites excluding steroid dienone is 12. The zero-order chi connectivity index (χ0) is 47.6. The van der Waals surface area contributed by atoms with Crippen LogP contribution < -0.4 is 0 Å². The van der Waals surface area contributed by atoms with Crippen LogP contribution in [-0.2, 0) is 27.9 Å². The molecule has 378 valence electrons. The van der Waals surface area contributed by atoms with E-state index in [0.29, 0.717) is 24.1 Å². The topological polar surface area (TPSA) is 91.3 Å². The molecule has 0 aliphatic heterocycles. The number of likely N-dealkylation sites (N-methyl/N-ethyl adjacent to an activating group) is 1. The second kappa shape index (κ2) is 48.4. The van der Waals surface area contributed by atoms with Gasteiger partial charge in [-0.15, -0.1) is 0 Å². The molecule has 1 N–H and O–H groups in total. The normalized spacial score (nSPS) is 14.1. The summed E-state index contributed by atoms with van der Waals surface area (Å²) in [4.78, 5) is 23.0. The molecule has 0 rings (SSSR count). The monoisotopic (exact) mass is 933 g/mol. The number of nitrogens with zero attached hydrogens (tertiary/aromatic N) is 1. The van der Waals surface area contributed by atoms with Gasteiger partial charge in [0.15, 0.2) is 0 Å². The number of carbonyl (C=O) groups is 1. The fraction of sp³-hybridized carbons (Fsp3) is 0.768. The van der Waals surface area contributed by atoms with Gasteiger partial charge in [-0.1, -0.05) is 202 Å². The van der Waals surface area contributed by atoms with Gasteiger partial charge >= 0.3 is 13.8 Å². The lowest BCUT2D eigenvalue weighted by atomic mass is 10.1. The van der Waals surface area contributed by atoms with E-state index in [4.69, 9.17) is 18.5 Å². The summed E-state index contributed by atoms with van der Waals surface area (Å²) in [6.07, 6.45) is 63.8. The average molecular weight is 933 g/mol. The summed E-state index contributed by atoms with van der Waals surface area (Å²) >= 11 is 0. The van der Waals surface area contributed by atoms with E-state index in [0.717, 1.165) is 70.6 Å². The van der Waals surface area contributed by atoms with Crippen molar-refractivity contribution < 1.29 is 37.3 Å². The number of hydrogen-bond acceptors (Lipinski definition) is 6. The van der Waals surface area contributed by atoms with Gasteiger partial charge in [-0.05, 0) is 83.5 Å². The van der Waals surface area contributed by atoms with Gasteiger partial charge in [-0.25, -0.2) is 4.57 Å². The first-order chi connectivity index (χ1) is 31.6. The second-order valence-corrected chi connectivity index (χ2v) is 20.3. The molecule has 0 aromatic rings. The third kappa shape index (κ3) is 52.8. The Morgan fingerprint density at radius 3 is 1.34 bits per heavy atom. The summed E-state index contributed by atoms with van der Waals surface area (Å²) in [5, 5.41) is 0. The zero-order valence-corrected chi connectivity index (χ0v) is 43.9. The first-order valence-corrected chi connectivity index (χ1v) is 28.2. The first kappa shape index (κ1) is 62.9. The van der Waals surface area contributed by atoms with E-state index in [1.807, 2.05) is 21.1 Å². The molecule has 2 atom stereocenters. The number of rotatable bonds is 49. The molecule has 0 aromatic carbocycles. The standard InChI is InChI=1S/C56H102NO7P/c1-6-8-10-12-14-16-18-20-22-24-25-26-27-28-29-30-31-32-34-36-38-40-42-44-46-48-51-61-53-55(54-63-65(59,60)62-52-50-57(3,4)5)64-56(58)49-47-45-43-41-39-37-35-33-23-21-19-17-15-13-11-9-7-2/h9,11,15,17-18,20-21,23-25,27-28,55H,6-8,10,12-14,16,19,22,26,29-54H2,1-5H3/p+1/b11-9-,17-15-,20-18-,23-21-,25-24-,28-27-. The van der Waals surface area contributed by atoms with E-state index in [1.165, 1.54) is 128 Å². The van der Waals surface area contributed by atoms with Crippen molar-refractivity contribution in [2.24, 2.45) is 0 Å². The summed E-state index contributed by atoms with van der Waals surface area (Å²) < 4.78 is 35.2. The highest BCUT2D eigenvalue weighted by Crippen LogP contribution is 2.43. The van der Waals surface area contributed by atoms with Crippen LogP contribution in [-0.4, -0.2) is 75.6 Å².